The Labute approximate surface area is 143 Å². The Morgan fingerprint density at radius 2 is 1.67 bits per heavy atom. The summed E-state index contributed by atoms with van der Waals surface area (Å²) in [6.07, 6.45) is 2.38. The van der Waals surface area contributed by atoms with Gasteiger partial charge in [0.25, 0.3) is 0 Å². The summed E-state index contributed by atoms with van der Waals surface area (Å²) in [5.74, 6) is 0.0807. The van der Waals surface area contributed by atoms with Crippen molar-refractivity contribution in [3.8, 4) is 0 Å². The van der Waals surface area contributed by atoms with Crippen molar-refractivity contribution in [2.24, 2.45) is 0 Å². The second-order valence-corrected chi connectivity index (χ2v) is 6.10. The van der Waals surface area contributed by atoms with E-state index in [1.54, 1.807) is 0 Å². The lowest BCUT2D eigenvalue weighted by molar-refractivity contribution is -0.116. The van der Waals surface area contributed by atoms with Crippen LogP contribution in [0.1, 0.15) is 12.1 Å². The molecule has 126 valence electrons. The Hall–Kier alpha value is -2.24. The topological polar surface area (TPSA) is 48.5 Å². The van der Waals surface area contributed by atoms with Crippen molar-refractivity contribution in [3.63, 3.8) is 0 Å². The van der Waals surface area contributed by atoms with Crippen LogP contribution in [-0.2, 0) is 11.3 Å². The van der Waals surface area contributed by atoms with Crippen molar-refractivity contribution < 1.29 is 4.79 Å². The molecular formula is C19H24N4O. The van der Waals surface area contributed by atoms with E-state index in [1.165, 1.54) is 0 Å². The van der Waals surface area contributed by atoms with Crippen LogP contribution in [0.25, 0.3) is 0 Å². The zero-order valence-electron chi connectivity index (χ0n) is 13.9. The van der Waals surface area contributed by atoms with E-state index in [0.29, 0.717) is 6.42 Å². The van der Waals surface area contributed by atoms with E-state index in [9.17, 15) is 4.79 Å². The summed E-state index contributed by atoms with van der Waals surface area (Å²) in [7, 11) is 0. The molecule has 0 spiro atoms. The standard InChI is InChI=1S/C19H24N4O/c24-19(21-17-6-2-1-3-7-17)9-11-22-12-14-23(15-13-22)16-18-8-4-5-10-20-18/h1-8,10H,9,11-16H2,(H,21,24). The molecular weight excluding hydrogens is 300 g/mol. The molecule has 2 aromatic rings. The number of carbonyl (C=O) groups excluding carboxylic acids is 1. The molecule has 0 atom stereocenters. The number of benzene rings is 1. The molecule has 1 aromatic carbocycles. The lowest BCUT2D eigenvalue weighted by atomic mass is 10.2. The largest absolute Gasteiger partial charge is 0.326 e. The van der Waals surface area contributed by atoms with Gasteiger partial charge in [-0.3, -0.25) is 14.7 Å². The number of hydrogen-bond donors (Lipinski definition) is 1. The number of aromatic nitrogens is 1. The van der Waals surface area contributed by atoms with Gasteiger partial charge in [-0.25, -0.2) is 0 Å². The lowest BCUT2D eigenvalue weighted by Gasteiger charge is -2.34. The number of pyridine rings is 1. The van der Waals surface area contributed by atoms with Gasteiger partial charge in [0.2, 0.25) is 5.91 Å². The van der Waals surface area contributed by atoms with Gasteiger partial charge in [0.1, 0.15) is 0 Å². The SMILES string of the molecule is O=C(CCN1CCN(Cc2ccccn2)CC1)Nc1ccccc1. The molecule has 1 aliphatic rings. The predicted octanol–water partition coefficient (Wildman–Crippen LogP) is 2.23. The summed E-state index contributed by atoms with van der Waals surface area (Å²) in [6.45, 7) is 5.78. The summed E-state index contributed by atoms with van der Waals surface area (Å²) in [6, 6.07) is 15.7. The first kappa shape index (κ1) is 16.6. The fourth-order valence-corrected chi connectivity index (χ4v) is 2.90. The fraction of sp³-hybridized carbons (Fsp3) is 0.368. The van der Waals surface area contributed by atoms with Crippen LogP contribution >= 0.6 is 0 Å². The van der Waals surface area contributed by atoms with Crippen LogP contribution in [0, 0.1) is 0 Å². The lowest BCUT2D eigenvalue weighted by Crippen LogP contribution is -2.46. The zero-order valence-corrected chi connectivity index (χ0v) is 13.9. The van der Waals surface area contributed by atoms with Crippen LogP contribution in [0.2, 0.25) is 0 Å². The van der Waals surface area contributed by atoms with Crippen LogP contribution in [0.3, 0.4) is 0 Å². The van der Waals surface area contributed by atoms with Gasteiger partial charge in [-0.1, -0.05) is 24.3 Å². The molecule has 3 rings (SSSR count). The van der Waals surface area contributed by atoms with E-state index in [-0.39, 0.29) is 5.91 Å². The molecule has 24 heavy (non-hydrogen) atoms. The van der Waals surface area contributed by atoms with Gasteiger partial charge in [-0.2, -0.15) is 0 Å². The van der Waals surface area contributed by atoms with Crippen LogP contribution < -0.4 is 5.32 Å². The van der Waals surface area contributed by atoms with E-state index in [0.717, 1.165) is 50.6 Å². The summed E-state index contributed by atoms with van der Waals surface area (Å²) in [4.78, 5) is 21.2. The van der Waals surface area contributed by atoms with Crippen molar-refractivity contribution in [3.05, 3.63) is 60.4 Å². The van der Waals surface area contributed by atoms with Crippen LogP contribution in [0.15, 0.2) is 54.7 Å². The number of piperazine rings is 1. The maximum absolute atomic E-state index is 12.0. The molecule has 1 aromatic heterocycles. The highest BCUT2D eigenvalue weighted by Gasteiger charge is 2.17. The molecule has 2 heterocycles. The van der Waals surface area contributed by atoms with E-state index < -0.39 is 0 Å². The van der Waals surface area contributed by atoms with Crippen molar-refractivity contribution in [1.29, 1.82) is 0 Å². The Bertz CT molecular complexity index is 624. The van der Waals surface area contributed by atoms with Gasteiger partial charge in [-0.05, 0) is 24.3 Å². The van der Waals surface area contributed by atoms with Crippen LogP contribution in [-0.4, -0.2) is 53.4 Å². The third-order valence-electron chi connectivity index (χ3n) is 4.29. The Morgan fingerprint density at radius 1 is 0.958 bits per heavy atom. The van der Waals surface area contributed by atoms with Gasteiger partial charge >= 0.3 is 0 Å². The number of nitrogens with zero attached hydrogens (tertiary/aromatic N) is 3. The monoisotopic (exact) mass is 324 g/mol. The number of carbonyl (C=O) groups is 1. The predicted molar refractivity (Wildman–Crippen MR) is 95.6 cm³/mol. The summed E-state index contributed by atoms with van der Waals surface area (Å²) in [5, 5.41) is 2.94. The van der Waals surface area contributed by atoms with E-state index in [2.05, 4.69) is 26.2 Å². The first-order valence-corrected chi connectivity index (χ1v) is 8.49. The summed E-state index contributed by atoms with van der Waals surface area (Å²) >= 11 is 0. The molecule has 1 amide bonds. The Balaban J connectivity index is 1.36. The Kier molecular flexibility index (Phi) is 5.93. The first-order valence-electron chi connectivity index (χ1n) is 8.49. The number of para-hydroxylation sites is 1. The minimum absolute atomic E-state index is 0.0807. The number of nitrogens with one attached hydrogen (secondary N) is 1. The average molecular weight is 324 g/mol. The van der Waals surface area contributed by atoms with Crippen molar-refractivity contribution in [2.45, 2.75) is 13.0 Å². The van der Waals surface area contributed by atoms with E-state index in [1.807, 2.05) is 48.7 Å². The highest BCUT2D eigenvalue weighted by Crippen LogP contribution is 2.08. The number of hydrogen-bond acceptors (Lipinski definition) is 4. The van der Waals surface area contributed by atoms with Crippen molar-refractivity contribution in [2.75, 3.05) is 38.0 Å². The highest BCUT2D eigenvalue weighted by atomic mass is 16.1. The molecule has 0 bridgehead atoms. The maximum Gasteiger partial charge on any atom is 0.225 e. The molecule has 0 saturated carbocycles. The first-order chi connectivity index (χ1) is 11.8. The normalized spacial score (nSPS) is 16.0. The quantitative estimate of drug-likeness (QED) is 0.885. The minimum Gasteiger partial charge on any atom is -0.326 e. The summed E-state index contributed by atoms with van der Waals surface area (Å²) in [5.41, 5.74) is 1.98. The molecule has 0 aliphatic carbocycles. The highest BCUT2D eigenvalue weighted by molar-refractivity contribution is 5.90. The molecule has 1 N–H and O–H groups in total. The van der Waals surface area contributed by atoms with Gasteiger partial charge in [0.05, 0.1) is 5.69 Å². The molecule has 0 unspecified atom stereocenters. The molecule has 5 nitrogen and oxygen atoms in total. The smallest absolute Gasteiger partial charge is 0.225 e. The average Bonchev–Trinajstić information content (AvgIpc) is 2.63. The third kappa shape index (κ3) is 5.15. The van der Waals surface area contributed by atoms with Gasteiger partial charge < -0.3 is 10.2 Å². The molecule has 1 aliphatic heterocycles. The maximum atomic E-state index is 12.0. The third-order valence-corrected chi connectivity index (χ3v) is 4.29. The van der Waals surface area contributed by atoms with Gasteiger partial charge in [-0.15, -0.1) is 0 Å². The van der Waals surface area contributed by atoms with E-state index >= 15 is 0 Å². The van der Waals surface area contributed by atoms with E-state index in [4.69, 9.17) is 0 Å². The number of rotatable bonds is 6. The number of anilines is 1. The van der Waals surface area contributed by atoms with Gasteiger partial charge in [0, 0.05) is 57.6 Å². The minimum atomic E-state index is 0.0807. The molecule has 1 saturated heterocycles. The van der Waals surface area contributed by atoms with Gasteiger partial charge in [0.15, 0.2) is 0 Å². The second-order valence-electron chi connectivity index (χ2n) is 6.10. The zero-order chi connectivity index (χ0) is 16.6. The number of amides is 1. The second kappa shape index (κ2) is 8.57. The van der Waals surface area contributed by atoms with Crippen LogP contribution in [0.4, 0.5) is 5.69 Å². The summed E-state index contributed by atoms with van der Waals surface area (Å²) < 4.78 is 0. The Morgan fingerprint density at radius 3 is 2.38 bits per heavy atom. The fourth-order valence-electron chi connectivity index (χ4n) is 2.90. The molecule has 1 fully saturated rings. The van der Waals surface area contributed by atoms with Crippen LogP contribution in [0.5, 0.6) is 0 Å². The molecule has 5 heteroatoms. The van der Waals surface area contributed by atoms with Crippen molar-refractivity contribution >= 4 is 11.6 Å². The molecule has 0 radical (unpaired) electrons. The van der Waals surface area contributed by atoms with Crippen molar-refractivity contribution in [1.82, 2.24) is 14.8 Å².